The summed E-state index contributed by atoms with van der Waals surface area (Å²) in [4.78, 5) is 2.00. The van der Waals surface area contributed by atoms with Gasteiger partial charge in [0.15, 0.2) is 0 Å². The number of nitriles is 1. The van der Waals surface area contributed by atoms with E-state index in [4.69, 9.17) is 16.1 Å². The molecule has 0 aliphatic rings. The van der Waals surface area contributed by atoms with Gasteiger partial charge in [0.25, 0.3) is 0 Å². The lowest BCUT2D eigenvalue weighted by Crippen LogP contribution is -2.28. The Hall–Kier alpha value is -1.73. The van der Waals surface area contributed by atoms with Gasteiger partial charge in [-0.1, -0.05) is 6.92 Å². The zero-order chi connectivity index (χ0) is 12.0. The zero-order valence-electron chi connectivity index (χ0n) is 9.48. The van der Waals surface area contributed by atoms with Crippen LogP contribution < -0.4 is 10.6 Å². The molecule has 4 nitrogen and oxygen atoms in total. The maximum atomic E-state index is 8.99. The molecule has 86 valence electrons. The summed E-state index contributed by atoms with van der Waals surface area (Å²) < 4.78 is 0. The summed E-state index contributed by atoms with van der Waals surface area (Å²) in [5.74, 6) is 0. The molecule has 1 aromatic carbocycles. The Morgan fingerprint density at radius 2 is 2.19 bits per heavy atom. The average molecular weight is 219 g/mol. The Bertz CT molecular complexity index is 378. The van der Waals surface area contributed by atoms with Gasteiger partial charge in [0.2, 0.25) is 0 Å². The van der Waals surface area contributed by atoms with Crippen LogP contribution in [-0.4, -0.2) is 24.8 Å². The molecule has 1 aromatic rings. The van der Waals surface area contributed by atoms with Gasteiger partial charge in [-0.3, -0.25) is 0 Å². The first-order valence-electron chi connectivity index (χ1n) is 5.38. The number of aliphatic hydroxyl groups excluding tert-OH is 1. The molecule has 1 rings (SSSR count). The van der Waals surface area contributed by atoms with E-state index >= 15 is 0 Å². The van der Waals surface area contributed by atoms with Crippen LogP contribution in [-0.2, 0) is 0 Å². The second-order valence-corrected chi connectivity index (χ2v) is 3.60. The highest BCUT2D eigenvalue weighted by Gasteiger charge is 2.09. The fourth-order valence-corrected chi connectivity index (χ4v) is 1.63. The van der Waals surface area contributed by atoms with Crippen molar-refractivity contribution in [1.29, 1.82) is 5.26 Å². The molecule has 0 fully saturated rings. The van der Waals surface area contributed by atoms with Crippen molar-refractivity contribution >= 4 is 11.4 Å². The van der Waals surface area contributed by atoms with Gasteiger partial charge in [0.05, 0.1) is 29.6 Å². The number of nitrogen functional groups attached to an aromatic ring is 1. The fraction of sp³-hybridized carbons (Fsp3) is 0.417. The molecule has 16 heavy (non-hydrogen) atoms. The smallest absolute Gasteiger partial charge is 0.0992 e. The minimum absolute atomic E-state index is 0.0796. The van der Waals surface area contributed by atoms with E-state index in [-0.39, 0.29) is 6.61 Å². The third-order valence-electron chi connectivity index (χ3n) is 2.36. The van der Waals surface area contributed by atoms with Crippen molar-refractivity contribution in [3.8, 4) is 6.07 Å². The van der Waals surface area contributed by atoms with E-state index in [1.165, 1.54) is 0 Å². The topological polar surface area (TPSA) is 73.3 Å². The van der Waals surface area contributed by atoms with E-state index in [1.807, 2.05) is 4.90 Å². The lowest BCUT2D eigenvalue weighted by atomic mass is 10.1. The molecule has 0 aliphatic heterocycles. The summed E-state index contributed by atoms with van der Waals surface area (Å²) in [5.41, 5.74) is 7.93. The normalized spacial score (nSPS) is 9.81. The molecule has 0 amide bonds. The first-order valence-corrected chi connectivity index (χ1v) is 5.38. The SMILES string of the molecule is CCCN(CCO)c1cc(C#N)ccc1N. The molecule has 0 unspecified atom stereocenters. The van der Waals surface area contributed by atoms with Crippen LogP contribution >= 0.6 is 0 Å². The lowest BCUT2D eigenvalue weighted by Gasteiger charge is -2.24. The van der Waals surface area contributed by atoms with Gasteiger partial charge in [-0.2, -0.15) is 5.26 Å². The fourth-order valence-electron chi connectivity index (χ4n) is 1.63. The first kappa shape index (κ1) is 12.3. The summed E-state index contributed by atoms with van der Waals surface area (Å²) in [6.07, 6.45) is 0.968. The molecule has 0 saturated carbocycles. The number of nitrogens with two attached hydrogens (primary N) is 1. The van der Waals surface area contributed by atoms with Gasteiger partial charge in [0.1, 0.15) is 0 Å². The Morgan fingerprint density at radius 3 is 2.75 bits per heavy atom. The maximum absolute atomic E-state index is 8.99. The summed E-state index contributed by atoms with van der Waals surface area (Å²) >= 11 is 0. The number of rotatable bonds is 5. The minimum atomic E-state index is 0.0796. The van der Waals surface area contributed by atoms with Gasteiger partial charge in [-0.15, -0.1) is 0 Å². The predicted octanol–water partition coefficient (Wildman–Crippen LogP) is 1.35. The lowest BCUT2D eigenvalue weighted by molar-refractivity contribution is 0.302. The highest BCUT2D eigenvalue weighted by atomic mass is 16.3. The Kier molecular flexibility index (Phi) is 4.62. The van der Waals surface area contributed by atoms with Crippen molar-refractivity contribution in [2.45, 2.75) is 13.3 Å². The summed E-state index contributed by atoms with van der Waals surface area (Å²) in [7, 11) is 0. The molecule has 0 aliphatic carbocycles. The Morgan fingerprint density at radius 1 is 1.44 bits per heavy atom. The van der Waals surface area contributed by atoms with Crippen molar-refractivity contribution in [3.63, 3.8) is 0 Å². The van der Waals surface area contributed by atoms with Crippen LogP contribution in [0.3, 0.4) is 0 Å². The molecule has 0 spiro atoms. The quantitative estimate of drug-likeness (QED) is 0.733. The molecule has 3 N–H and O–H groups in total. The number of benzene rings is 1. The maximum Gasteiger partial charge on any atom is 0.0992 e. The van der Waals surface area contributed by atoms with Gasteiger partial charge in [-0.25, -0.2) is 0 Å². The van der Waals surface area contributed by atoms with E-state index < -0.39 is 0 Å². The van der Waals surface area contributed by atoms with Gasteiger partial charge >= 0.3 is 0 Å². The van der Waals surface area contributed by atoms with Gasteiger partial charge in [-0.05, 0) is 24.6 Å². The van der Waals surface area contributed by atoms with Crippen molar-refractivity contribution in [1.82, 2.24) is 0 Å². The van der Waals surface area contributed by atoms with Crippen LogP contribution in [0.1, 0.15) is 18.9 Å². The third-order valence-corrected chi connectivity index (χ3v) is 2.36. The van der Waals surface area contributed by atoms with E-state index in [2.05, 4.69) is 13.0 Å². The minimum Gasteiger partial charge on any atom is -0.397 e. The Balaban J connectivity index is 3.02. The van der Waals surface area contributed by atoms with Crippen molar-refractivity contribution < 1.29 is 5.11 Å². The van der Waals surface area contributed by atoms with Crippen LogP contribution in [0.2, 0.25) is 0 Å². The highest BCUT2D eigenvalue weighted by Crippen LogP contribution is 2.24. The van der Waals surface area contributed by atoms with Gasteiger partial charge < -0.3 is 15.7 Å². The number of hydrogen-bond acceptors (Lipinski definition) is 4. The number of anilines is 2. The van der Waals surface area contributed by atoms with E-state index in [9.17, 15) is 0 Å². The van der Waals surface area contributed by atoms with Crippen LogP contribution in [0, 0.1) is 11.3 Å². The zero-order valence-corrected chi connectivity index (χ0v) is 9.48. The third kappa shape index (κ3) is 2.88. The average Bonchev–Trinajstić information content (AvgIpc) is 2.29. The molecule has 0 heterocycles. The summed E-state index contributed by atoms with van der Waals surface area (Å²) in [5, 5.41) is 17.8. The van der Waals surface area contributed by atoms with Crippen molar-refractivity contribution in [2.75, 3.05) is 30.3 Å². The van der Waals surface area contributed by atoms with Crippen molar-refractivity contribution in [3.05, 3.63) is 23.8 Å². The molecule has 0 aromatic heterocycles. The first-order chi connectivity index (χ1) is 7.72. The number of hydrogen-bond donors (Lipinski definition) is 2. The van der Waals surface area contributed by atoms with E-state index in [0.29, 0.717) is 17.8 Å². The summed E-state index contributed by atoms with van der Waals surface area (Å²) in [6.45, 7) is 3.50. The molecular weight excluding hydrogens is 202 g/mol. The van der Waals surface area contributed by atoms with Crippen LogP contribution in [0.4, 0.5) is 11.4 Å². The molecular formula is C12H17N3O. The monoisotopic (exact) mass is 219 g/mol. The number of aliphatic hydroxyl groups is 1. The van der Waals surface area contributed by atoms with E-state index in [1.54, 1.807) is 18.2 Å². The van der Waals surface area contributed by atoms with E-state index in [0.717, 1.165) is 18.7 Å². The summed E-state index contributed by atoms with van der Waals surface area (Å²) in [6, 6.07) is 7.28. The molecule has 0 bridgehead atoms. The van der Waals surface area contributed by atoms with Crippen LogP contribution in [0.25, 0.3) is 0 Å². The molecule has 0 atom stereocenters. The highest BCUT2D eigenvalue weighted by molar-refractivity contribution is 5.69. The van der Waals surface area contributed by atoms with Crippen molar-refractivity contribution in [2.24, 2.45) is 0 Å². The predicted molar refractivity (Wildman–Crippen MR) is 65.2 cm³/mol. The standard InChI is InChI=1S/C12H17N3O/c1-2-5-15(6-7-16)12-8-10(9-13)3-4-11(12)14/h3-4,8,16H,2,5-7,14H2,1H3. The Labute approximate surface area is 95.9 Å². The largest absolute Gasteiger partial charge is 0.397 e. The second-order valence-electron chi connectivity index (χ2n) is 3.60. The van der Waals surface area contributed by atoms with Crippen LogP contribution in [0.15, 0.2) is 18.2 Å². The number of nitrogens with zero attached hydrogens (tertiary/aromatic N) is 2. The molecule has 0 saturated heterocycles. The van der Waals surface area contributed by atoms with Gasteiger partial charge in [0, 0.05) is 13.1 Å². The molecule has 0 radical (unpaired) electrons. The second kappa shape index (κ2) is 5.99. The molecule has 4 heteroatoms. The van der Waals surface area contributed by atoms with Crippen LogP contribution in [0.5, 0.6) is 0 Å².